The zero-order chi connectivity index (χ0) is 22.6. The van der Waals surface area contributed by atoms with Gasteiger partial charge in [-0.1, -0.05) is 35.4 Å². The standard InChI is InChI=1S/C23H23ClINO4S/c1-4-29-22-13-17(14-26-21-7-5-6-19(24)16(21)3)12-20(25)23(22)30-31(27,28)18-10-8-15(2)9-11-18/h5-13,26H,4,14H2,1-3H3. The van der Waals surface area contributed by atoms with Gasteiger partial charge in [0.1, 0.15) is 4.90 Å². The van der Waals surface area contributed by atoms with Crippen LogP contribution in [-0.2, 0) is 16.7 Å². The molecule has 0 saturated heterocycles. The second kappa shape index (κ2) is 10.1. The normalized spacial score (nSPS) is 11.3. The monoisotopic (exact) mass is 571 g/mol. The highest BCUT2D eigenvalue weighted by atomic mass is 127. The van der Waals surface area contributed by atoms with Crippen molar-refractivity contribution in [2.75, 3.05) is 11.9 Å². The van der Waals surface area contributed by atoms with Gasteiger partial charge in [0.2, 0.25) is 0 Å². The molecule has 5 nitrogen and oxygen atoms in total. The Balaban J connectivity index is 1.88. The summed E-state index contributed by atoms with van der Waals surface area (Å²) in [5, 5.41) is 4.06. The minimum absolute atomic E-state index is 0.0959. The number of nitrogens with one attached hydrogen (secondary N) is 1. The topological polar surface area (TPSA) is 64.6 Å². The maximum atomic E-state index is 12.8. The van der Waals surface area contributed by atoms with Crippen LogP contribution >= 0.6 is 34.2 Å². The van der Waals surface area contributed by atoms with Crippen LogP contribution in [0.5, 0.6) is 11.5 Å². The maximum Gasteiger partial charge on any atom is 0.339 e. The molecule has 3 aromatic carbocycles. The van der Waals surface area contributed by atoms with Crippen molar-refractivity contribution in [1.82, 2.24) is 0 Å². The predicted octanol–water partition coefficient (Wildman–Crippen LogP) is 6.34. The van der Waals surface area contributed by atoms with Crippen LogP contribution in [0.15, 0.2) is 59.5 Å². The SMILES string of the molecule is CCOc1cc(CNc2cccc(Cl)c2C)cc(I)c1OS(=O)(=O)c1ccc(C)cc1. The molecule has 0 aromatic heterocycles. The van der Waals surface area contributed by atoms with Gasteiger partial charge in [-0.25, -0.2) is 0 Å². The van der Waals surface area contributed by atoms with E-state index in [4.69, 9.17) is 20.5 Å². The highest BCUT2D eigenvalue weighted by molar-refractivity contribution is 14.1. The molecular formula is C23H23ClINO4S. The molecule has 164 valence electrons. The lowest BCUT2D eigenvalue weighted by molar-refractivity contribution is 0.326. The molecule has 3 aromatic rings. The van der Waals surface area contributed by atoms with Gasteiger partial charge in [0.25, 0.3) is 0 Å². The Morgan fingerprint density at radius 1 is 1.06 bits per heavy atom. The van der Waals surface area contributed by atoms with E-state index in [0.29, 0.717) is 27.5 Å². The number of hydrogen-bond donors (Lipinski definition) is 1. The van der Waals surface area contributed by atoms with Gasteiger partial charge in [-0.05, 0) is 90.9 Å². The van der Waals surface area contributed by atoms with E-state index in [0.717, 1.165) is 22.4 Å². The first-order chi connectivity index (χ1) is 14.7. The highest BCUT2D eigenvalue weighted by Gasteiger charge is 2.22. The number of rotatable bonds is 8. The summed E-state index contributed by atoms with van der Waals surface area (Å²) in [7, 11) is -3.99. The van der Waals surface area contributed by atoms with Gasteiger partial charge in [-0.15, -0.1) is 0 Å². The lowest BCUT2D eigenvalue weighted by atomic mass is 10.1. The third kappa shape index (κ3) is 5.84. The lowest BCUT2D eigenvalue weighted by Gasteiger charge is -2.16. The van der Waals surface area contributed by atoms with E-state index in [2.05, 4.69) is 27.9 Å². The first-order valence-electron chi connectivity index (χ1n) is 9.66. The van der Waals surface area contributed by atoms with Gasteiger partial charge in [0.05, 0.1) is 10.2 Å². The molecule has 8 heteroatoms. The highest BCUT2D eigenvalue weighted by Crippen LogP contribution is 2.36. The predicted molar refractivity (Wildman–Crippen MR) is 133 cm³/mol. The fourth-order valence-corrected chi connectivity index (χ4v) is 4.98. The first kappa shape index (κ1) is 23.7. The summed E-state index contributed by atoms with van der Waals surface area (Å²) < 4.78 is 37.4. The second-order valence-electron chi connectivity index (χ2n) is 6.95. The molecule has 0 aliphatic heterocycles. The summed E-state index contributed by atoms with van der Waals surface area (Å²) in [4.78, 5) is 0.0959. The molecule has 0 amide bonds. The van der Waals surface area contributed by atoms with E-state index >= 15 is 0 Å². The summed E-state index contributed by atoms with van der Waals surface area (Å²) in [5.74, 6) is 0.565. The van der Waals surface area contributed by atoms with Crippen LogP contribution in [0.25, 0.3) is 0 Å². The van der Waals surface area contributed by atoms with Gasteiger partial charge in [0, 0.05) is 17.3 Å². The van der Waals surface area contributed by atoms with Crippen LogP contribution in [0.1, 0.15) is 23.6 Å². The minimum atomic E-state index is -3.99. The molecule has 0 spiro atoms. The Kier molecular flexibility index (Phi) is 7.72. The lowest BCUT2D eigenvalue weighted by Crippen LogP contribution is -2.12. The van der Waals surface area contributed by atoms with Crippen LogP contribution in [0.4, 0.5) is 5.69 Å². The van der Waals surface area contributed by atoms with E-state index in [1.165, 1.54) is 12.1 Å². The van der Waals surface area contributed by atoms with E-state index in [9.17, 15) is 8.42 Å². The molecule has 0 radical (unpaired) electrons. The Morgan fingerprint density at radius 2 is 1.77 bits per heavy atom. The number of anilines is 1. The summed E-state index contributed by atoms with van der Waals surface area (Å²) in [6.45, 7) is 6.58. The Hall–Kier alpha value is -1.97. The van der Waals surface area contributed by atoms with Crippen molar-refractivity contribution in [3.05, 3.63) is 79.9 Å². The smallest absolute Gasteiger partial charge is 0.339 e. The number of halogens is 2. The molecule has 0 heterocycles. The van der Waals surface area contributed by atoms with E-state index in [1.807, 2.05) is 45.0 Å². The van der Waals surface area contributed by atoms with E-state index in [1.54, 1.807) is 18.2 Å². The van der Waals surface area contributed by atoms with Crippen LogP contribution in [0, 0.1) is 17.4 Å². The molecule has 0 atom stereocenters. The quantitative estimate of drug-likeness (QED) is 0.253. The van der Waals surface area contributed by atoms with E-state index in [-0.39, 0.29) is 10.6 Å². The molecule has 0 aliphatic rings. The zero-order valence-electron chi connectivity index (χ0n) is 17.4. The van der Waals surface area contributed by atoms with Gasteiger partial charge < -0.3 is 14.2 Å². The molecule has 0 fully saturated rings. The van der Waals surface area contributed by atoms with Gasteiger partial charge in [0.15, 0.2) is 11.5 Å². The summed E-state index contributed by atoms with van der Waals surface area (Å²) >= 11 is 8.26. The maximum absolute atomic E-state index is 12.8. The van der Waals surface area contributed by atoms with Crippen molar-refractivity contribution in [3.63, 3.8) is 0 Å². The Labute approximate surface area is 202 Å². The van der Waals surface area contributed by atoms with Crippen molar-refractivity contribution in [3.8, 4) is 11.5 Å². The third-order valence-electron chi connectivity index (χ3n) is 4.62. The zero-order valence-corrected chi connectivity index (χ0v) is 21.1. The van der Waals surface area contributed by atoms with Crippen LogP contribution in [-0.4, -0.2) is 15.0 Å². The molecule has 1 N–H and O–H groups in total. The Morgan fingerprint density at radius 3 is 2.45 bits per heavy atom. The molecule has 3 rings (SSSR count). The summed E-state index contributed by atoms with van der Waals surface area (Å²) in [6.07, 6.45) is 0. The number of benzene rings is 3. The molecule has 0 aliphatic carbocycles. The van der Waals surface area contributed by atoms with Crippen molar-refractivity contribution < 1.29 is 17.3 Å². The second-order valence-corrected chi connectivity index (χ2v) is 10.1. The molecule has 0 saturated carbocycles. The average molecular weight is 572 g/mol. The summed E-state index contributed by atoms with van der Waals surface area (Å²) in [6, 6.07) is 15.9. The molecule has 0 bridgehead atoms. The van der Waals surface area contributed by atoms with Crippen molar-refractivity contribution in [2.24, 2.45) is 0 Å². The molecular weight excluding hydrogens is 549 g/mol. The van der Waals surface area contributed by atoms with Crippen molar-refractivity contribution in [2.45, 2.75) is 32.2 Å². The van der Waals surface area contributed by atoms with Crippen LogP contribution in [0.2, 0.25) is 5.02 Å². The van der Waals surface area contributed by atoms with Crippen LogP contribution in [0.3, 0.4) is 0 Å². The van der Waals surface area contributed by atoms with Crippen molar-refractivity contribution in [1.29, 1.82) is 0 Å². The number of ether oxygens (including phenoxy) is 1. The molecule has 31 heavy (non-hydrogen) atoms. The van der Waals surface area contributed by atoms with Gasteiger partial charge in [-0.3, -0.25) is 0 Å². The first-order valence-corrected chi connectivity index (χ1v) is 12.5. The van der Waals surface area contributed by atoms with Gasteiger partial charge in [-0.2, -0.15) is 8.42 Å². The van der Waals surface area contributed by atoms with Gasteiger partial charge >= 0.3 is 10.1 Å². The average Bonchev–Trinajstić information content (AvgIpc) is 2.72. The van der Waals surface area contributed by atoms with E-state index < -0.39 is 10.1 Å². The van der Waals surface area contributed by atoms with Crippen LogP contribution < -0.4 is 14.2 Å². The largest absolute Gasteiger partial charge is 0.490 e. The number of hydrogen-bond acceptors (Lipinski definition) is 5. The minimum Gasteiger partial charge on any atom is -0.490 e. The third-order valence-corrected chi connectivity index (χ3v) is 7.07. The Bertz CT molecular complexity index is 1180. The van der Waals surface area contributed by atoms with Crippen molar-refractivity contribution >= 4 is 50.0 Å². The fraction of sp³-hybridized carbons (Fsp3) is 0.217. The number of aryl methyl sites for hydroxylation is 1. The molecule has 0 unspecified atom stereocenters. The summed E-state index contributed by atoms with van der Waals surface area (Å²) in [5.41, 5.74) is 3.79. The fourth-order valence-electron chi connectivity index (χ4n) is 2.93.